The van der Waals surface area contributed by atoms with Crippen molar-refractivity contribution in [1.29, 1.82) is 5.26 Å². The molecule has 2 nitrogen and oxygen atoms in total. The number of nitrogens with zero attached hydrogens (tertiary/aromatic N) is 1. The van der Waals surface area contributed by atoms with Crippen LogP contribution in [0.3, 0.4) is 0 Å². The summed E-state index contributed by atoms with van der Waals surface area (Å²) in [4.78, 5) is 0. The monoisotopic (exact) mass is 223 g/mol. The van der Waals surface area contributed by atoms with Crippen molar-refractivity contribution in [1.82, 2.24) is 0 Å². The van der Waals surface area contributed by atoms with Gasteiger partial charge in [-0.1, -0.05) is 42.5 Å². The van der Waals surface area contributed by atoms with Gasteiger partial charge >= 0.3 is 0 Å². The van der Waals surface area contributed by atoms with Crippen LogP contribution in [0.5, 0.6) is 5.75 Å². The zero-order chi connectivity index (χ0) is 12.1. The Morgan fingerprint density at radius 2 is 1.65 bits per heavy atom. The van der Waals surface area contributed by atoms with E-state index in [1.54, 1.807) is 7.11 Å². The number of nitriles is 1. The van der Waals surface area contributed by atoms with Gasteiger partial charge in [0.2, 0.25) is 0 Å². The first kappa shape index (κ1) is 11.2. The number of ether oxygens (including phenoxy) is 1. The van der Waals surface area contributed by atoms with E-state index >= 15 is 0 Å². The lowest BCUT2D eigenvalue weighted by Crippen LogP contribution is -1.91. The van der Waals surface area contributed by atoms with Crippen molar-refractivity contribution in [3.05, 3.63) is 54.1 Å². The van der Waals surface area contributed by atoms with Crippen LogP contribution >= 0.6 is 0 Å². The molecule has 0 heterocycles. The van der Waals surface area contributed by atoms with Crippen LogP contribution in [0.4, 0.5) is 0 Å². The first-order chi connectivity index (χ1) is 8.36. The van der Waals surface area contributed by atoms with Gasteiger partial charge in [0, 0.05) is 5.56 Å². The minimum atomic E-state index is 0.411. The Labute approximate surface area is 101 Å². The molecular formula is C15H13NO. The molecule has 0 radical (unpaired) electrons. The van der Waals surface area contributed by atoms with Crippen molar-refractivity contribution in [3.63, 3.8) is 0 Å². The van der Waals surface area contributed by atoms with E-state index < -0.39 is 0 Å². The van der Waals surface area contributed by atoms with Gasteiger partial charge in [-0.15, -0.1) is 0 Å². The maximum Gasteiger partial charge on any atom is 0.126 e. The summed E-state index contributed by atoms with van der Waals surface area (Å²) in [6, 6.07) is 18.0. The summed E-state index contributed by atoms with van der Waals surface area (Å²) in [6.07, 6.45) is 0.411. The van der Waals surface area contributed by atoms with Crippen LogP contribution in [0.2, 0.25) is 0 Å². The molecule has 0 unspecified atom stereocenters. The zero-order valence-corrected chi connectivity index (χ0v) is 9.68. The molecule has 2 aromatic rings. The molecule has 0 bridgehead atoms. The number of methoxy groups -OCH3 is 1. The lowest BCUT2D eigenvalue weighted by atomic mass is 9.97. The van der Waals surface area contributed by atoms with E-state index in [0.717, 1.165) is 22.4 Å². The van der Waals surface area contributed by atoms with E-state index in [2.05, 4.69) is 6.07 Å². The molecule has 0 amide bonds. The number of hydrogen-bond acceptors (Lipinski definition) is 2. The van der Waals surface area contributed by atoms with E-state index in [-0.39, 0.29) is 0 Å². The highest BCUT2D eigenvalue weighted by Crippen LogP contribution is 2.32. The fourth-order valence-corrected chi connectivity index (χ4v) is 1.89. The van der Waals surface area contributed by atoms with Gasteiger partial charge in [-0.25, -0.2) is 0 Å². The van der Waals surface area contributed by atoms with Crippen LogP contribution in [0.15, 0.2) is 48.5 Å². The normalized spacial score (nSPS) is 9.65. The summed E-state index contributed by atoms with van der Waals surface area (Å²) < 4.78 is 5.35. The van der Waals surface area contributed by atoms with Crippen LogP contribution in [-0.4, -0.2) is 7.11 Å². The molecule has 17 heavy (non-hydrogen) atoms. The molecule has 84 valence electrons. The molecule has 0 fully saturated rings. The summed E-state index contributed by atoms with van der Waals surface area (Å²) in [5.74, 6) is 0.831. The van der Waals surface area contributed by atoms with Gasteiger partial charge in [0.05, 0.1) is 19.6 Å². The van der Waals surface area contributed by atoms with Gasteiger partial charge in [-0.3, -0.25) is 0 Å². The maximum atomic E-state index is 8.84. The van der Waals surface area contributed by atoms with E-state index in [9.17, 15) is 0 Å². The number of rotatable bonds is 3. The maximum absolute atomic E-state index is 8.84. The molecule has 2 heteroatoms. The van der Waals surface area contributed by atoms with E-state index in [4.69, 9.17) is 10.00 Å². The Balaban J connectivity index is 2.56. The molecule has 0 saturated heterocycles. The third-order valence-corrected chi connectivity index (χ3v) is 2.68. The molecule has 0 aliphatic heterocycles. The SMILES string of the molecule is COc1ccccc1-c1ccccc1CC#N. The fraction of sp³-hybridized carbons (Fsp3) is 0.133. The second-order valence-electron chi connectivity index (χ2n) is 3.69. The Bertz CT molecular complexity index is 555. The molecule has 0 spiro atoms. The minimum absolute atomic E-state index is 0.411. The Morgan fingerprint density at radius 1 is 1.00 bits per heavy atom. The van der Waals surface area contributed by atoms with Crippen molar-refractivity contribution in [2.75, 3.05) is 7.11 Å². The minimum Gasteiger partial charge on any atom is -0.496 e. The second-order valence-corrected chi connectivity index (χ2v) is 3.69. The van der Waals surface area contributed by atoms with Crippen LogP contribution < -0.4 is 4.74 Å². The zero-order valence-electron chi connectivity index (χ0n) is 9.68. The standard InChI is InChI=1S/C15H13NO/c1-17-15-9-5-4-8-14(15)13-7-3-2-6-12(13)10-11-16/h2-9H,10H2,1H3. The summed E-state index contributed by atoms with van der Waals surface area (Å²) in [6.45, 7) is 0. The molecule has 0 atom stereocenters. The summed E-state index contributed by atoms with van der Waals surface area (Å²) in [5, 5.41) is 8.84. The lowest BCUT2D eigenvalue weighted by molar-refractivity contribution is 0.416. The Hall–Kier alpha value is -2.27. The quantitative estimate of drug-likeness (QED) is 0.798. The first-order valence-corrected chi connectivity index (χ1v) is 5.45. The van der Waals surface area contributed by atoms with Gasteiger partial charge in [-0.2, -0.15) is 5.26 Å². The summed E-state index contributed by atoms with van der Waals surface area (Å²) in [5.41, 5.74) is 3.12. The Morgan fingerprint density at radius 3 is 2.35 bits per heavy atom. The average Bonchev–Trinajstić information content (AvgIpc) is 2.40. The van der Waals surface area contributed by atoms with Gasteiger partial charge in [0.25, 0.3) is 0 Å². The molecule has 2 aromatic carbocycles. The lowest BCUT2D eigenvalue weighted by Gasteiger charge is -2.11. The van der Waals surface area contributed by atoms with Crippen LogP contribution in [-0.2, 0) is 6.42 Å². The predicted octanol–water partition coefficient (Wildman–Crippen LogP) is 3.43. The molecule has 2 rings (SSSR count). The molecule has 0 aliphatic carbocycles. The molecule has 0 aliphatic rings. The van der Waals surface area contributed by atoms with Gasteiger partial charge in [0.1, 0.15) is 5.75 Å². The van der Waals surface area contributed by atoms with Crippen molar-refractivity contribution in [3.8, 4) is 22.9 Å². The number of benzene rings is 2. The van der Waals surface area contributed by atoms with Gasteiger partial charge in [-0.05, 0) is 17.2 Å². The van der Waals surface area contributed by atoms with Gasteiger partial charge in [0.15, 0.2) is 0 Å². The molecule has 0 saturated carbocycles. The summed E-state index contributed by atoms with van der Waals surface area (Å²) in [7, 11) is 1.66. The number of hydrogen-bond donors (Lipinski definition) is 0. The van der Waals surface area contributed by atoms with Crippen LogP contribution in [0.1, 0.15) is 5.56 Å². The van der Waals surface area contributed by atoms with Crippen LogP contribution in [0, 0.1) is 11.3 Å². The largest absolute Gasteiger partial charge is 0.496 e. The first-order valence-electron chi connectivity index (χ1n) is 5.45. The fourth-order valence-electron chi connectivity index (χ4n) is 1.89. The average molecular weight is 223 g/mol. The highest BCUT2D eigenvalue weighted by Gasteiger charge is 2.08. The summed E-state index contributed by atoms with van der Waals surface area (Å²) >= 11 is 0. The molecule has 0 N–H and O–H groups in total. The molecular weight excluding hydrogens is 210 g/mol. The van der Waals surface area contributed by atoms with Crippen molar-refractivity contribution < 1.29 is 4.74 Å². The number of para-hydroxylation sites is 1. The Kier molecular flexibility index (Phi) is 3.42. The third-order valence-electron chi connectivity index (χ3n) is 2.68. The van der Waals surface area contributed by atoms with E-state index in [1.165, 1.54) is 0 Å². The van der Waals surface area contributed by atoms with Gasteiger partial charge < -0.3 is 4.74 Å². The smallest absolute Gasteiger partial charge is 0.126 e. The second kappa shape index (κ2) is 5.18. The van der Waals surface area contributed by atoms with Crippen molar-refractivity contribution >= 4 is 0 Å². The highest BCUT2D eigenvalue weighted by molar-refractivity contribution is 5.73. The topological polar surface area (TPSA) is 33.0 Å². The highest BCUT2D eigenvalue weighted by atomic mass is 16.5. The molecule has 0 aromatic heterocycles. The third kappa shape index (κ3) is 2.29. The van der Waals surface area contributed by atoms with E-state index in [0.29, 0.717) is 6.42 Å². The van der Waals surface area contributed by atoms with Crippen molar-refractivity contribution in [2.24, 2.45) is 0 Å². The van der Waals surface area contributed by atoms with Crippen molar-refractivity contribution in [2.45, 2.75) is 6.42 Å². The predicted molar refractivity (Wildman–Crippen MR) is 67.7 cm³/mol. The van der Waals surface area contributed by atoms with Crippen LogP contribution in [0.25, 0.3) is 11.1 Å². The van der Waals surface area contributed by atoms with E-state index in [1.807, 2.05) is 48.5 Å².